The van der Waals surface area contributed by atoms with Crippen LogP contribution in [-0.4, -0.2) is 25.4 Å². The van der Waals surface area contributed by atoms with Crippen LogP contribution >= 0.6 is 11.6 Å². The summed E-state index contributed by atoms with van der Waals surface area (Å²) in [6.07, 6.45) is 1.76. The Labute approximate surface area is 167 Å². The summed E-state index contributed by atoms with van der Waals surface area (Å²) in [4.78, 5) is 16.7. The highest BCUT2D eigenvalue weighted by Crippen LogP contribution is 2.23. The molecule has 2 aromatic carbocycles. The van der Waals surface area contributed by atoms with Crippen molar-refractivity contribution in [2.45, 2.75) is 23.8 Å². The number of nitrogens with zero attached hydrogens (tertiary/aromatic N) is 1. The van der Waals surface area contributed by atoms with Crippen molar-refractivity contribution in [2.24, 2.45) is 0 Å². The van der Waals surface area contributed by atoms with Gasteiger partial charge in [-0.25, -0.2) is 18.1 Å². The number of hydrogen-bond acceptors (Lipinski definition) is 5. The smallest absolute Gasteiger partial charge is 0.269 e. The Morgan fingerprint density at radius 1 is 1.04 bits per heavy atom. The molecule has 7 nitrogen and oxygen atoms in total. The van der Waals surface area contributed by atoms with Crippen molar-refractivity contribution in [3.8, 4) is 0 Å². The maximum atomic E-state index is 12.4. The molecule has 0 bridgehead atoms. The summed E-state index contributed by atoms with van der Waals surface area (Å²) in [5.74, 6) is -0.330. The van der Waals surface area contributed by atoms with E-state index in [0.717, 1.165) is 18.2 Å². The number of fused-ring (bicyclic) bond motifs is 1. The summed E-state index contributed by atoms with van der Waals surface area (Å²) in [6, 6.07) is 14.8. The van der Waals surface area contributed by atoms with Gasteiger partial charge in [-0.15, -0.1) is 0 Å². The van der Waals surface area contributed by atoms with Gasteiger partial charge in [0, 0.05) is 17.0 Å². The molecule has 0 saturated heterocycles. The monoisotopic (exact) mass is 416 g/mol. The molecule has 0 spiro atoms. The first kappa shape index (κ1) is 18.7. The lowest BCUT2D eigenvalue weighted by Gasteiger charge is -2.10. The highest BCUT2D eigenvalue weighted by Gasteiger charge is 2.27. The van der Waals surface area contributed by atoms with Crippen LogP contribution in [0.5, 0.6) is 0 Å². The molecule has 1 saturated carbocycles. The van der Waals surface area contributed by atoms with Gasteiger partial charge in [-0.05, 0) is 67.4 Å². The van der Waals surface area contributed by atoms with Crippen molar-refractivity contribution in [1.29, 1.82) is 0 Å². The van der Waals surface area contributed by atoms with Crippen LogP contribution < -0.4 is 15.6 Å². The molecule has 144 valence electrons. The topological polar surface area (TPSA) is 100 Å². The number of halogens is 1. The lowest BCUT2D eigenvalue weighted by atomic mass is 10.1. The van der Waals surface area contributed by atoms with Gasteiger partial charge in [0.25, 0.3) is 5.91 Å². The van der Waals surface area contributed by atoms with Gasteiger partial charge in [0.1, 0.15) is 5.15 Å². The fraction of sp³-hybridized carbons (Fsp3) is 0.158. The summed E-state index contributed by atoms with van der Waals surface area (Å²) in [5, 5.41) is 1.19. The van der Waals surface area contributed by atoms with E-state index in [1.807, 2.05) is 0 Å². The molecule has 9 heteroatoms. The Balaban J connectivity index is 1.41. The predicted octanol–water partition coefficient (Wildman–Crippen LogP) is 3.09. The van der Waals surface area contributed by atoms with E-state index in [-0.39, 0.29) is 16.8 Å². The molecule has 3 N–H and O–H groups in total. The number of hydrogen-bond donors (Lipinski definition) is 3. The van der Waals surface area contributed by atoms with Crippen LogP contribution in [0.4, 0.5) is 5.69 Å². The molecule has 1 aromatic heterocycles. The van der Waals surface area contributed by atoms with Crippen LogP contribution in [0.25, 0.3) is 10.9 Å². The van der Waals surface area contributed by atoms with E-state index in [4.69, 9.17) is 11.6 Å². The van der Waals surface area contributed by atoms with E-state index >= 15 is 0 Å². The van der Waals surface area contributed by atoms with Crippen LogP contribution in [0, 0.1) is 0 Å². The van der Waals surface area contributed by atoms with Crippen molar-refractivity contribution in [2.75, 3.05) is 5.43 Å². The fourth-order valence-electron chi connectivity index (χ4n) is 2.65. The zero-order chi connectivity index (χ0) is 19.7. The second kappa shape index (κ2) is 7.38. The van der Waals surface area contributed by atoms with Gasteiger partial charge in [-0.3, -0.25) is 15.6 Å². The Hall–Kier alpha value is -2.68. The van der Waals surface area contributed by atoms with Gasteiger partial charge < -0.3 is 0 Å². The third-order valence-corrected chi connectivity index (χ3v) is 6.05. The molecule has 0 aliphatic heterocycles. The van der Waals surface area contributed by atoms with Gasteiger partial charge in [0.15, 0.2) is 0 Å². The van der Waals surface area contributed by atoms with E-state index in [1.165, 1.54) is 12.1 Å². The van der Waals surface area contributed by atoms with Gasteiger partial charge in [0.05, 0.1) is 16.1 Å². The number of carbonyl (C=O) groups excluding carboxylic acids is 1. The van der Waals surface area contributed by atoms with Gasteiger partial charge >= 0.3 is 0 Å². The average molecular weight is 417 g/mol. The average Bonchev–Trinajstić information content (AvgIpc) is 3.49. The molecule has 3 aromatic rings. The first-order valence-electron chi connectivity index (χ1n) is 8.66. The van der Waals surface area contributed by atoms with Gasteiger partial charge in [0.2, 0.25) is 10.0 Å². The quantitative estimate of drug-likeness (QED) is 0.423. The molecular weight excluding hydrogens is 400 g/mol. The maximum Gasteiger partial charge on any atom is 0.269 e. The zero-order valence-electron chi connectivity index (χ0n) is 14.6. The van der Waals surface area contributed by atoms with E-state index < -0.39 is 10.0 Å². The van der Waals surface area contributed by atoms with Crippen molar-refractivity contribution in [3.05, 3.63) is 65.3 Å². The van der Waals surface area contributed by atoms with Crippen molar-refractivity contribution in [3.63, 3.8) is 0 Å². The van der Waals surface area contributed by atoms with E-state index in [2.05, 4.69) is 20.6 Å². The van der Waals surface area contributed by atoms with E-state index in [9.17, 15) is 13.2 Å². The van der Waals surface area contributed by atoms with E-state index in [1.54, 1.807) is 42.5 Å². The second-order valence-electron chi connectivity index (χ2n) is 6.54. The zero-order valence-corrected chi connectivity index (χ0v) is 16.2. The highest BCUT2D eigenvalue weighted by molar-refractivity contribution is 7.89. The second-order valence-corrected chi connectivity index (χ2v) is 8.64. The van der Waals surface area contributed by atoms with Crippen LogP contribution in [0.2, 0.25) is 5.15 Å². The molecule has 1 aliphatic carbocycles. The molecule has 1 heterocycles. The normalized spacial score (nSPS) is 14.0. The largest absolute Gasteiger partial charge is 0.298 e. The Kier molecular flexibility index (Phi) is 4.92. The Morgan fingerprint density at radius 2 is 1.79 bits per heavy atom. The summed E-state index contributed by atoms with van der Waals surface area (Å²) in [7, 11) is -3.49. The lowest BCUT2D eigenvalue weighted by Crippen LogP contribution is -2.29. The molecule has 0 radical (unpaired) electrons. The lowest BCUT2D eigenvalue weighted by molar-refractivity contribution is 0.0963. The Bertz CT molecular complexity index is 1150. The first-order chi connectivity index (χ1) is 13.4. The number of rotatable bonds is 6. The van der Waals surface area contributed by atoms with E-state index in [0.29, 0.717) is 21.9 Å². The number of benzene rings is 2. The number of anilines is 1. The number of nitrogens with one attached hydrogen (secondary N) is 3. The third-order valence-electron chi connectivity index (χ3n) is 4.30. The minimum Gasteiger partial charge on any atom is -0.298 e. The maximum absolute atomic E-state index is 12.4. The summed E-state index contributed by atoms with van der Waals surface area (Å²) in [6.45, 7) is 0. The molecule has 28 heavy (non-hydrogen) atoms. The summed E-state index contributed by atoms with van der Waals surface area (Å²) in [5.41, 5.74) is 7.09. The minimum absolute atomic E-state index is 0.0512. The van der Waals surface area contributed by atoms with Crippen LogP contribution in [0.1, 0.15) is 23.2 Å². The molecule has 1 aliphatic rings. The molecule has 0 atom stereocenters. The predicted molar refractivity (Wildman–Crippen MR) is 108 cm³/mol. The Morgan fingerprint density at radius 3 is 2.50 bits per heavy atom. The van der Waals surface area contributed by atoms with Gasteiger partial charge in [-0.1, -0.05) is 11.6 Å². The fourth-order valence-corrected chi connectivity index (χ4v) is 4.11. The minimum atomic E-state index is -3.49. The number of pyridine rings is 1. The number of hydrazine groups is 1. The van der Waals surface area contributed by atoms with Crippen molar-refractivity contribution in [1.82, 2.24) is 15.1 Å². The summed E-state index contributed by atoms with van der Waals surface area (Å²) >= 11 is 5.86. The first-order valence-corrected chi connectivity index (χ1v) is 10.5. The summed E-state index contributed by atoms with van der Waals surface area (Å²) < 4.78 is 26.9. The molecule has 0 unspecified atom stereocenters. The number of sulfonamides is 1. The molecule has 4 rings (SSSR count). The molecule has 1 amide bonds. The molecular formula is C19H17ClN4O3S. The highest BCUT2D eigenvalue weighted by atomic mass is 35.5. The van der Waals surface area contributed by atoms with Crippen molar-refractivity contribution >= 4 is 44.1 Å². The number of carbonyl (C=O) groups is 1. The van der Waals surface area contributed by atoms with Crippen molar-refractivity contribution < 1.29 is 13.2 Å². The molecule has 1 fully saturated rings. The number of aromatic nitrogens is 1. The van der Waals surface area contributed by atoms with Crippen LogP contribution in [0.15, 0.2) is 59.5 Å². The van der Waals surface area contributed by atoms with Crippen LogP contribution in [0.3, 0.4) is 0 Å². The van der Waals surface area contributed by atoms with Gasteiger partial charge in [-0.2, -0.15) is 0 Å². The standard InChI is InChI=1S/C19H17ClN4O3S/c20-18-10-2-12-11-13(1-9-17(12)21-18)19(25)23-22-14-5-7-16(8-6-14)28(26,27)24-15-3-4-15/h1-2,5-11,15,22,24H,3-4H2,(H,23,25). The SMILES string of the molecule is O=C(NNc1ccc(S(=O)(=O)NC2CC2)cc1)c1ccc2nc(Cl)ccc2c1. The third kappa shape index (κ3) is 4.24. The number of amides is 1. The van der Waals surface area contributed by atoms with Crippen LogP contribution in [-0.2, 0) is 10.0 Å².